The van der Waals surface area contributed by atoms with Crippen LogP contribution in [-0.2, 0) is 10.5 Å². The van der Waals surface area contributed by atoms with E-state index in [1.165, 1.54) is 5.56 Å². The van der Waals surface area contributed by atoms with Crippen LogP contribution in [0.4, 0.5) is 0 Å². The minimum absolute atomic E-state index is 0.347. The Morgan fingerprint density at radius 1 is 1.31 bits per heavy atom. The molecule has 2 nitrogen and oxygen atoms in total. The fourth-order valence-electron chi connectivity index (χ4n) is 1.30. The molecular formula is C13H20O2S. The number of benzene rings is 1. The van der Waals surface area contributed by atoms with Gasteiger partial charge in [0.25, 0.3) is 0 Å². The second-order valence-corrected chi connectivity index (χ2v) is 4.76. The summed E-state index contributed by atoms with van der Waals surface area (Å²) >= 11 is 1.74. The second-order valence-electron chi connectivity index (χ2n) is 3.73. The molecule has 0 aliphatic rings. The van der Waals surface area contributed by atoms with E-state index in [0.29, 0.717) is 6.61 Å². The van der Waals surface area contributed by atoms with Gasteiger partial charge in [0.1, 0.15) is 0 Å². The molecule has 1 atom stereocenters. The molecule has 0 saturated heterocycles. The zero-order valence-electron chi connectivity index (χ0n) is 9.76. The van der Waals surface area contributed by atoms with Crippen LogP contribution in [0, 0.1) is 0 Å². The number of hydrogen-bond acceptors (Lipinski definition) is 3. The van der Waals surface area contributed by atoms with E-state index in [4.69, 9.17) is 4.74 Å². The van der Waals surface area contributed by atoms with Gasteiger partial charge in [-0.15, -0.1) is 0 Å². The maximum Gasteiger partial charge on any atom is 0.0863 e. The Morgan fingerprint density at radius 3 is 2.75 bits per heavy atom. The fourth-order valence-corrected chi connectivity index (χ4v) is 2.21. The van der Waals surface area contributed by atoms with Crippen molar-refractivity contribution in [3.8, 4) is 0 Å². The molecule has 0 aliphatic heterocycles. The topological polar surface area (TPSA) is 29.5 Å². The van der Waals surface area contributed by atoms with Crippen LogP contribution in [0.15, 0.2) is 30.3 Å². The van der Waals surface area contributed by atoms with Gasteiger partial charge in [-0.3, -0.25) is 0 Å². The van der Waals surface area contributed by atoms with Crippen molar-refractivity contribution < 1.29 is 9.84 Å². The molecule has 0 fully saturated rings. The zero-order chi connectivity index (χ0) is 11.6. The molecule has 0 amide bonds. The predicted octanol–water partition coefficient (Wildman–Crippen LogP) is 2.71. The average Bonchev–Trinajstić information content (AvgIpc) is 2.31. The van der Waals surface area contributed by atoms with Gasteiger partial charge in [-0.1, -0.05) is 37.3 Å². The number of rotatable bonds is 8. The van der Waals surface area contributed by atoms with Crippen LogP contribution in [0.1, 0.15) is 18.9 Å². The highest BCUT2D eigenvalue weighted by Crippen LogP contribution is 2.12. The van der Waals surface area contributed by atoms with Gasteiger partial charge in [-0.05, 0) is 12.0 Å². The first-order valence-corrected chi connectivity index (χ1v) is 6.86. The van der Waals surface area contributed by atoms with E-state index in [9.17, 15) is 5.11 Å². The van der Waals surface area contributed by atoms with E-state index < -0.39 is 0 Å². The summed E-state index contributed by atoms with van der Waals surface area (Å²) in [6, 6.07) is 10.3. The van der Waals surface area contributed by atoms with Crippen molar-refractivity contribution in [2.75, 3.05) is 19.0 Å². The van der Waals surface area contributed by atoms with Crippen LogP contribution in [-0.4, -0.2) is 30.2 Å². The molecule has 0 aliphatic carbocycles. The first kappa shape index (κ1) is 13.6. The summed E-state index contributed by atoms with van der Waals surface area (Å²) in [6.45, 7) is 3.26. The van der Waals surface area contributed by atoms with Crippen LogP contribution in [0.2, 0.25) is 0 Å². The Balaban J connectivity index is 2.06. The Morgan fingerprint density at radius 2 is 2.06 bits per heavy atom. The number of hydrogen-bond donors (Lipinski definition) is 1. The minimum atomic E-state index is -0.347. The highest BCUT2D eigenvalue weighted by molar-refractivity contribution is 7.98. The molecular weight excluding hydrogens is 220 g/mol. The molecule has 0 spiro atoms. The first-order chi connectivity index (χ1) is 7.83. The molecule has 0 radical (unpaired) electrons. The maximum atomic E-state index is 9.61. The Kier molecular flexibility index (Phi) is 7.30. The van der Waals surface area contributed by atoms with E-state index in [1.54, 1.807) is 11.8 Å². The maximum absolute atomic E-state index is 9.61. The third kappa shape index (κ3) is 6.16. The summed E-state index contributed by atoms with van der Waals surface area (Å²) in [7, 11) is 0. The molecule has 0 bridgehead atoms. The summed E-state index contributed by atoms with van der Waals surface area (Å²) < 4.78 is 5.28. The number of ether oxygens (including phenoxy) is 1. The van der Waals surface area contributed by atoms with Crippen molar-refractivity contribution in [1.82, 2.24) is 0 Å². The molecule has 1 aromatic rings. The Bertz CT molecular complexity index is 264. The van der Waals surface area contributed by atoms with Crippen LogP contribution in [0.3, 0.4) is 0 Å². The molecule has 1 aromatic carbocycles. The molecule has 1 N–H and O–H groups in total. The third-order valence-electron chi connectivity index (χ3n) is 2.08. The smallest absolute Gasteiger partial charge is 0.0863 e. The molecule has 90 valence electrons. The molecule has 1 unspecified atom stereocenters. The average molecular weight is 240 g/mol. The van der Waals surface area contributed by atoms with Gasteiger partial charge in [0.15, 0.2) is 0 Å². The van der Waals surface area contributed by atoms with Crippen molar-refractivity contribution >= 4 is 11.8 Å². The van der Waals surface area contributed by atoms with Gasteiger partial charge >= 0.3 is 0 Å². The number of thioether (sulfide) groups is 1. The molecule has 0 aromatic heterocycles. The van der Waals surface area contributed by atoms with Crippen LogP contribution in [0.5, 0.6) is 0 Å². The van der Waals surface area contributed by atoms with E-state index in [-0.39, 0.29) is 6.10 Å². The van der Waals surface area contributed by atoms with Crippen molar-refractivity contribution in [3.63, 3.8) is 0 Å². The first-order valence-electron chi connectivity index (χ1n) is 5.70. The second kappa shape index (κ2) is 8.62. The van der Waals surface area contributed by atoms with Crippen molar-refractivity contribution in [1.29, 1.82) is 0 Å². The highest BCUT2D eigenvalue weighted by atomic mass is 32.2. The summed E-state index contributed by atoms with van der Waals surface area (Å²) in [5.41, 5.74) is 1.30. The largest absolute Gasteiger partial charge is 0.390 e. The van der Waals surface area contributed by atoms with Crippen LogP contribution >= 0.6 is 11.8 Å². The monoisotopic (exact) mass is 240 g/mol. The fraction of sp³-hybridized carbons (Fsp3) is 0.538. The zero-order valence-corrected chi connectivity index (χ0v) is 10.6. The molecule has 0 saturated carbocycles. The van der Waals surface area contributed by atoms with Gasteiger partial charge in [0.05, 0.1) is 12.7 Å². The Labute approximate surface area is 102 Å². The van der Waals surface area contributed by atoms with Gasteiger partial charge in [-0.2, -0.15) is 11.8 Å². The predicted molar refractivity (Wildman–Crippen MR) is 69.7 cm³/mol. The SMILES string of the molecule is CCCOCC(O)CSCc1ccccc1. The summed E-state index contributed by atoms with van der Waals surface area (Å²) in [6.07, 6.45) is 0.657. The van der Waals surface area contributed by atoms with Crippen molar-refractivity contribution in [2.45, 2.75) is 25.2 Å². The lowest BCUT2D eigenvalue weighted by Crippen LogP contribution is -2.18. The normalized spacial score (nSPS) is 12.6. The van der Waals surface area contributed by atoms with Gasteiger partial charge < -0.3 is 9.84 Å². The van der Waals surface area contributed by atoms with Crippen LogP contribution in [0.25, 0.3) is 0 Å². The van der Waals surface area contributed by atoms with E-state index in [2.05, 4.69) is 19.1 Å². The van der Waals surface area contributed by atoms with Gasteiger partial charge in [0.2, 0.25) is 0 Å². The van der Waals surface area contributed by atoms with Gasteiger partial charge in [0, 0.05) is 18.1 Å². The quantitative estimate of drug-likeness (QED) is 0.708. The highest BCUT2D eigenvalue weighted by Gasteiger charge is 2.04. The van der Waals surface area contributed by atoms with Gasteiger partial charge in [-0.25, -0.2) is 0 Å². The third-order valence-corrected chi connectivity index (χ3v) is 3.24. The molecule has 1 rings (SSSR count). The Hall–Kier alpha value is -0.510. The molecule has 3 heteroatoms. The number of aliphatic hydroxyl groups excluding tert-OH is 1. The molecule has 16 heavy (non-hydrogen) atoms. The van der Waals surface area contributed by atoms with E-state index in [0.717, 1.165) is 24.5 Å². The lowest BCUT2D eigenvalue weighted by atomic mass is 10.2. The summed E-state index contributed by atoms with van der Waals surface area (Å²) in [4.78, 5) is 0. The standard InChI is InChI=1S/C13H20O2S/c1-2-8-15-9-13(14)11-16-10-12-6-4-3-5-7-12/h3-7,13-14H,2,8-11H2,1H3. The van der Waals surface area contributed by atoms with Crippen LogP contribution < -0.4 is 0 Å². The van der Waals surface area contributed by atoms with E-state index >= 15 is 0 Å². The van der Waals surface area contributed by atoms with Crippen molar-refractivity contribution in [2.24, 2.45) is 0 Å². The van der Waals surface area contributed by atoms with E-state index in [1.807, 2.05) is 18.2 Å². The lowest BCUT2D eigenvalue weighted by Gasteiger charge is -2.10. The lowest BCUT2D eigenvalue weighted by molar-refractivity contribution is 0.0489. The summed E-state index contributed by atoms with van der Waals surface area (Å²) in [5.74, 6) is 1.68. The molecule has 0 heterocycles. The van der Waals surface area contributed by atoms with Crippen molar-refractivity contribution in [3.05, 3.63) is 35.9 Å². The minimum Gasteiger partial charge on any atom is -0.390 e. The number of aliphatic hydroxyl groups is 1. The summed E-state index contributed by atoms with van der Waals surface area (Å²) in [5, 5.41) is 9.61.